The second-order valence-corrected chi connectivity index (χ2v) is 6.23. The molecule has 126 valence electrons. The van der Waals surface area contributed by atoms with Gasteiger partial charge in [-0.3, -0.25) is 9.59 Å². The first-order chi connectivity index (χ1) is 12.2. The summed E-state index contributed by atoms with van der Waals surface area (Å²) in [5.74, 6) is 0.666. The van der Waals surface area contributed by atoms with E-state index in [-0.39, 0.29) is 5.56 Å². The molecule has 3 rings (SSSR count). The summed E-state index contributed by atoms with van der Waals surface area (Å²) >= 11 is 1.53. The van der Waals surface area contributed by atoms with Gasteiger partial charge in [0, 0.05) is 30.3 Å². The Labute approximate surface area is 148 Å². The minimum atomic E-state index is -0.455. The van der Waals surface area contributed by atoms with E-state index in [0.29, 0.717) is 18.1 Å². The van der Waals surface area contributed by atoms with Crippen molar-refractivity contribution in [2.75, 3.05) is 12.3 Å². The zero-order valence-electron chi connectivity index (χ0n) is 13.3. The van der Waals surface area contributed by atoms with E-state index in [4.69, 9.17) is 0 Å². The maximum absolute atomic E-state index is 12.1. The van der Waals surface area contributed by atoms with Crippen LogP contribution in [0.25, 0.3) is 11.4 Å². The predicted molar refractivity (Wildman–Crippen MR) is 97.6 cm³/mol. The third kappa shape index (κ3) is 4.54. The molecule has 0 aliphatic heterocycles. The molecule has 0 bridgehead atoms. The second kappa shape index (κ2) is 8.25. The van der Waals surface area contributed by atoms with E-state index in [2.05, 4.69) is 20.3 Å². The van der Waals surface area contributed by atoms with Gasteiger partial charge in [-0.2, -0.15) is 0 Å². The Morgan fingerprint density at radius 3 is 2.60 bits per heavy atom. The predicted octanol–water partition coefficient (Wildman–Crippen LogP) is 2.35. The topological polar surface area (TPSA) is 87.7 Å². The van der Waals surface area contributed by atoms with Gasteiger partial charge in [0.15, 0.2) is 0 Å². The van der Waals surface area contributed by atoms with Crippen LogP contribution in [0.3, 0.4) is 0 Å². The van der Waals surface area contributed by atoms with E-state index in [1.165, 1.54) is 18.0 Å². The molecule has 0 saturated heterocycles. The first-order valence-electron chi connectivity index (χ1n) is 7.71. The van der Waals surface area contributed by atoms with Crippen molar-refractivity contribution in [3.8, 4) is 11.4 Å². The molecule has 0 atom stereocenters. The quantitative estimate of drug-likeness (QED) is 0.525. The molecule has 0 radical (unpaired) electrons. The molecule has 0 saturated carbocycles. The van der Waals surface area contributed by atoms with Crippen LogP contribution in [0.5, 0.6) is 0 Å². The number of amides is 1. The van der Waals surface area contributed by atoms with Crippen molar-refractivity contribution in [2.45, 2.75) is 5.03 Å². The summed E-state index contributed by atoms with van der Waals surface area (Å²) in [5.41, 5.74) is 0.338. The average molecular weight is 352 g/mol. The number of aromatic amines is 1. The lowest BCUT2D eigenvalue weighted by Crippen LogP contribution is -2.31. The molecule has 1 amide bonds. The van der Waals surface area contributed by atoms with Crippen LogP contribution in [0.4, 0.5) is 0 Å². The summed E-state index contributed by atoms with van der Waals surface area (Å²) < 4.78 is 0. The lowest BCUT2D eigenvalue weighted by atomic mass is 10.2. The second-order valence-electron chi connectivity index (χ2n) is 5.11. The Kier molecular flexibility index (Phi) is 5.58. The van der Waals surface area contributed by atoms with Gasteiger partial charge in [-0.15, -0.1) is 11.8 Å². The number of pyridine rings is 1. The smallest absolute Gasteiger partial charge is 0.264 e. The van der Waals surface area contributed by atoms with E-state index in [1.54, 1.807) is 6.20 Å². The van der Waals surface area contributed by atoms with Crippen molar-refractivity contribution in [1.82, 2.24) is 20.3 Å². The highest BCUT2D eigenvalue weighted by Crippen LogP contribution is 2.13. The lowest BCUT2D eigenvalue weighted by molar-refractivity contribution is 0.0954. The van der Waals surface area contributed by atoms with Gasteiger partial charge in [0.25, 0.3) is 11.5 Å². The molecule has 7 heteroatoms. The molecule has 0 aliphatic carbocycles. The molecule has 0 spiro atoms. The monoisotopic (exact) mass is 352 g/mol. The van der Waals surface area contributed by atoms with E-state index in [1.807, 2.05) is 48.5 Å². The summed E-state index contributed by atoms with van der Waals surface area (Å²) in [6.07, 6.45) is 3.03. The van der Waals surface area contributed by atoms with Crippen LogP contribution in [0.1, 0.15) is 10.4 Å². The number of carbonyl (C=O) groups excluding carboxylic acids is 1. The van der Waals surface area contributed by atoms with E-state index < -0.39 is 11.5 Å². The number of carbonyl (C=O) groups is 1. The number of nitrogens with one attached hydrogen (secondary N) is 2. The SMILES string of the molecule is O=C(NCCSc1ccccn1)c1cnc(-c2ccccc2)[nH]c1=O. The molecule has 0 aliphatic rings. The van der Waals surface area contributed by atoms with Crippen molar-refractivity contribution in [1.29, 1.82) is 0 Å². The fraction of sp³-hybridized carbons (Fsp3) is 0.111. The van der Waals surface area contributed by atoms with Gasteiger partial charge in [0.1, 0.15) is 11.4 Å². The zero-order valence-corrected chi connectivity index (χ0v) is 14.1. The number of rotatable bonds is 6. The van der Waals surface area contributed by atoms with Gasteiger partial charge in [-0.1, -0.05) is 36.4 Å². The van der Waals surface area contributed by atoms with Crippen LogP contribution >= 0.6 is 11.8 Å². The fourth-order valence-electron chi connectivity index (χ4n) is 2.15. The molecule has 2 aromatic heterocycles. The van der Waals surface area contributed by atoms with Crippen LogP contribution in [-0.4, -0.2) is 33.2 Å². The molecule has 2 N–H and O–H groups in total. The summed E-state index contributed by atoms with van der Waals surface area (Å²) in [6, 6.07) is 14.9. The van der Waals surface area contributed by atoms with Crippen LogP contribution in [-0.2, 0) is 0 Å². The molecular weight excluding hydrogens is 336 g/mol. The van der Waals surface area contributed by atoms with Crippen molar-refractivity contribution in [2.24, 2.45) is 0 Å². The van der Waals surface area contributed by atoms with E-state index in [9.17, 15) is 9.59 Å². The zero-order chi connectivity index (χ0) is 17.5. The molecule has 1 aromatic carbocycles. The van der Waals surface area contributed by atoms with Gasteiger partial charge in [-0.05, 0) is 12.1 Å². The first kappa shape index (κ1) is 16.9. The Balaban J connectivity index is 1.58. The molecule has 6 nitrogen and oxygen atoms in total. The van der Waals surface area contributed by atoms with Gasteiger partial charge < -0.3 is 10.3 Å². The van der Waals surface area contributed by atoms with Gasteiger partial charge in [0.05, 0.1) is 5.03 Å². The number of hydrogen-bond acceptors (Lipinski definition) is 5. The number of thioether (sulfide) groups is 1. The lowest BCUT2D eigenvalue weighted by Gasteiger charge is -2.05. The first-order valence-corrected chi connectivity index (χ1v) is 8.69. The standard InChI is InChI=1S/C18H16N4O2S/c23-17(20-10-11-25-15-8-4-5-9-19-15)14-12-21-16(22-18(14)24)13-6-2-1-3-7-13/h1-9,12H,10-11H2,(H,20,23)(H,21,22,24). The number of hydrogen-bond donors (Lipinski definition) is 2. The molecule has 25 heavy (non-hydrogen) atoms. The molecule has 2 heterocycles. The van der Waals surface area contributed by atoms with Crippen molar-refractivity contribution in [3.05, 3.63) is 76.8 Å². The molecule has 3 aromatic rings. The highest BCUT2D eigenvalue weighted by Gasteiger charge is 2.12. The number of nitrogens with zero attached hydrogens (tertiary/aromatic N) is 2. The molecule has 0 fully saturated rings. The highest BCUT2D eigenvalue weighted by atomic mass is 32.2. The maximum Gasteiger partial charge on any atom is 0.264 e. The summed E-state index contributed by atoms with van der Waals surface area (Å²) in [7, 11) is 0. The van der Waals surface area contributed by atoms with Crippen molar-refractivity contribution in [3.63, 3.8) is 0 Å². The normalized spacial score (nSPS) is 10.4. The van der Waals surface area contributed by atoms with Gasteiger partial charge >= 0.3 is 0 Å². The number of benzene rings is 1. The number of aromatic nitrogens is 3. The Morgan fingerprint density at radius 2 is 1.88 bits per heavy atom. The molecule has 0 unspecified atom stereocenters. The number of H-pyrrole nitrogens is 1. The Hall–Kier alpha value is -2.93. The highest BCUT2D eigenvalue weighted by molar-refractivity contribution is 7.99. The van der Waals surface area contributed by atoms with Crippen molar-refractivity contribution >= 4 is 17.7 Å². The van der Waals surface area contributed by atoms with Gasteiger partial charge in [0.2, 0.25) is 0 Å². The third-order valence-corrected chi connectivity index (χ3v) is 4.31. The summed E-state index contributed by atoms with van der Waals surface area (Å²) in [5, 5.41) is 3.61. The minimum Gasteiger partial charge on any atom is -0.351 e. The van der Waals surface area contributed by atoms with E-state index >= 15 is 0 Å². The van der Waals surface area contributed by atoms with Crippen molar-refractivity contribution < 1.29 is 4.79 Å². The minimum absolute atomic E-state index is 0.00233. The van der Waals surface area contributed by atoms with Crippen LogP contribution in [0, 0.1) is 0 Å². The molecular formula is C18H16N4O2S. The summed E-state index contributed by atoms with van der Waals surface area (Å²) in [4.78, 5) is 35.3. The van der Waals surface area contributed by atoms with Crippen LogP contribution in [0.15, 0.2) is 70.7 Å². The van der Waals surface area contributed by atoms with Crippen LogP contribution < -0.4 is 10.9 Å². The Morgan fingerprint density at radius 1 is 1.08 bits per heavy atom. The maximum atomic E-state index is 12.1. The van der Waals surface area contributed by atoms with E-state index in [0.717, 1.165) is 10.6 Å². The largest absolute Gasteiger partial charge is 0.351 e. The Bertz CT molecular complexity index is 898. The average Bonchev–Trinajstić information content (AvgIpc) is 2.66. The fourth-order valence-corrected chi connectivity index (χ4v) is 2.87. The van der Waals surface area contributed by atoms with Crippen LogP contribution in [0.2, 0.25) is 0 Å². The third-order valence-electron chi connectivity index (χ3n) is 3.37. The summed E-state index contributed by atoms with van der Waals surface area (Å²) in [6.45, 7) is 0.431. The van der Waals surface area contributed by atoms with Gasteiger partial charge in [-0.25, -0.2) is 9.97 Å².